The van der Waals surface area contributed by atoms with Crippen molar-refractivity contribution in [3.63, 3.8) is 0 Å². The van der Waals surface area contributed by atoms with Gasteiger partial charge in [-0.15, -0.1) is 0 Å². The summed E-state index contributed by atoms with van der Waals surface area (Å²) in [5, 5.41) is 17.0. The molecular formula is C24H39N7O5S. The standard InChI is InChI=1S/C24H39N7O5S/c1-14(2)11-18(23(35)36)30-22(34)19(13-37)31-21(33)17(9-6-10-28-24(26)27)29-20(32)16(25)12-15-7-4-3-5-8-15/h3-5,7-8,14,16-19,37H,6,9-13,25H2,1-2H3,(H,29,32)(H,30,34)(H,31,33)(H,35,36)(H4,26,27,28). The van der Waals surface area contributed by atoms with Crippen LogP contribution in [0, 0.1) is 5.92 Å². The van der Waals surface area contributed by atoms with Gasteiger partial charge in [0.2, 0.25) is 17.7 Å². The van der Waals surface area contributed by atoms with E-state index in [-0.39, 0.29) is 43.4 Å². The molecule has 3 amide bonds. The van der Waals surface area contributed by atoms with Crippen LogP contribution in [-0.4, -0.2) is 71.2 Å². The van der Waals surface area contributed by atoms with Crippen LogP contribution in [0.1, 0.15) is 38.7 Å². The highest BCUT2D eigenvalue weighted by atomic mass is 32.1. The Kier molecular flexibility index (Phi) is 14.1. The van der Waals surface area contributed by atoms with E-state index in [4.69, 9.17) is 17.2 Å². The minimum absolute atomic E-state index is 0.0235. The van der Waals surface area contributed by atoms with Crippen molar-refractivity contribution in [2.45, 2.75) is 63.7 Å². The Morgan fingerprint density at radius 1 is 0.946 bits per heavy atom. The van der Waals surface area contributed by atoms with Gasteiger partial charge in [-0.25, -0.2) is 4.79 Å². The van der Waals surface area contributed by atoms with Crippen molar-refractivity contribution in [2.24, 2.45) is 28.1 Å². The maximum absolute atomic E-state index is 13.1. The number of aliphatic carboxylic acids is 1. The summed E-state index contributed by atoms with van der Waals surface area (Å²) >= 11 is 4.13. The summed E-state index contributed by atoms with van der Waals surface area (Å²) in [5.74, 6) is -3.22. The SMILES string of the molecule is CC(C)CC(NC(=O)C(CS)NC(=O)C(CCCN=C(N)N)NC(=O)C(N)Cc1ccccc1)C(=O)O. The molecule has 13 heteroatoms. The van der Waals surface area contributed by atoms with E-state index in [2.05, 4.69) is 33.6 Å². The largest absolute Gasteiger partial charge is 0.480 e. The molecule has 37 heavy (non-hydrogen) atoms. The molecule has 0 aromatic heterocycles. The second-order valence-corrected chi connectivity index (χ2v) is 9.44. The molecule has 12 nitrogen and oxygen atoms in total. The smallest absolute Gasteiger partial charge is 0.326 e. The Morgan fingerprint density at radius 2 is 1.51 bits per heavy atom. The number of nitrogens with one attached hydrogen (secondary N) is 3. The summed E-state index contributed by atoms with van der Waals surface area (Å²) < 4.78 is 0. The maximum Gasteiger partial charge on any atom is 0.326 e. The molecule has 0 aliphatic rings. The van der Waals surface area contributed by atoms with Crippen LogP contribution in [0.15, 0.2) is 35.3 Å². The Balaban J connectivity index is 2.91. The van der Waals surface area contributed by atoms with Crippen LogP contribution in [0.3, 0.4) is 0 Å². The predicted molar refractivity (Wildman–Crippen MR) is 145 cm³/mol. The van der Waals surface area contributed by atoms with Crippen molar-refractivity contribution in [1.29, 1.82) is 0 Å². The van der Waals surface area contributed by atoms with Gasteiger partial charge in [-0.1, -0.05) is 44.2 Å². The number of carboxylic acid groups (broad SMARTS) is 1. The fraction of sp³-hybridized carbons (Fsp3) is 0.542. The van der Waals surface area contributed by atoms with Crippen LogP contribution in [0.25, 0.3) is 0 Å². The molecule has 206 valence electrons. The summed E-state index contributed by atoms with van der Waals surface area (Å²) in [7, 11) is 0. The molecule has 1 aromatic rings. The van der Waals surface area contributed by atoms with Gasteiger partial charge in [0.1, 0.15) is 18.1 Å². The van der Waals surface area contributed by atoms with Crippen LogP contribution in [0.2, 0.25) is 0 Å². The van der Waals surface area contributed by atoms with Crippen LogP contribution in [0.4, 0.5) is 0 Å². The molecule has 0 aliphatic heterocycles. The molecule has 0 saturated carbocycles. The quantitative estimate of drug-likeness (QED) is 0.0572. The van der Waals surface area contributed by atoms with Crippen LogP contribution in [-0.2, 0) is 25.6 Å². The van der Waals surface area contributed by atoms with Crippen LogP contribution in [0.5, 0.6) is 0 Å². The second kappa shape index (κ2) is 16.4. The predicted octanol–water partition coefficient (Wildman–Crippen LogP) is -0.875. The molecule has 1 aromatic carbocycles. The highest BCUT2D eigenvalue weighted by Crippen LogP contribution is 2.07. The zero-order chi connectivity index (χ0) is 28.0. The second-order valence-electron chi connectivity index (χ2n) is 9.08. The molecule has 0 radical (unpaired) electrons. The summed E-state index contributed by atoms with van der Waals surface area (Å²) in [6, 6.07) is 5.01. The molecule has 0 saturated heterocycles. The van der Waals surface area contributed by atoms with Crippen LogP contribution < -0.4 is 33.2 Å². The zero-order valence-electron chi connectivity index (χ0n) is 21.2. The van der Waals surface area contributed by atoms with Gasteiger partial charge in [0.05, 0.1) is 6.04 Å². The first-order valence-electron chi connectivity index (χ1n) is 12.0. The topological polar surface area (TPSA) is 215 Å². The minimum atomic E-state index is -1.18. The lowest BCUT2D eigenvalue weighted by atomic mass is 10.0. The number of carboxylic acids is 1. The fourth-order valence-corrected chi connectivity index (χ4v) is 3.70. The Labute approximate surface area is 222 Å². The van der Waals surface area contributed by atoms with Gasteiger partial charge in [-0.05, 0) is 37.2 Å². The minimum Gasteiger partial charge on any atom is -0.480 e. The molecule has 0 heterocycles. The number of rotatable bonds is 16. The van der Waals surface area contributed by atoms with E-state index < -0.39 is 47.9 Å². The number of thiol groups is 1. The third-order valence-electron chi connectivity index (χ3n) is 5.35. The number of guanidine groups is 1. The van der Waals surface area contributed by atoms with Crippen molar-refractivity contribution in [1.82, 2.24) is 16.0 Å². The third-order valence-corrected chi connectivity index (χ3v) is 5.72. The zero-order valence-corrected chi connectivity index (χ0v) is 22.1. The number of benzene rings is 1. The Hall–Kier alpha value is -3.32. The number of aliphatic imine (C=N–C) groups is 1. The number of nitrogens with two attached hydrogens (primary N) is 3. The van der Waals surface area contributed by atoms with Crippen LogP contribution >= 0.6 is 12.6 Å². The van der Waals surface area contributed by atoms with Gasteiger partial charge in [0, 0.05) is 12.3 Å². The first-order chi connectivity index (χ1) is 17.4. The van der Waals surface area contributed by atoms with E-state index in [0.29, 0.717) is 6.42 Å². The van der Waals surface area contributed by atoms with E-state index in [1.165, 1.54) is 0 Å². The lowest BCUT2D eigenvalue weighted by molar-refractivity contribution is -0.142. The van der Waals surface area contributed by atoms with Crippen molar-refractivity contribution in [3.05, 3.63) is 35.9 Å². The normalized spacial score (nSPS) is 14.1. The van der Waals surface area contributed by atoms with Gasteiger partial charge in [-0.3, -0.25) is 19.4 Å². The first-order valence-corrected chi connectivity index (χ1v) is 12.7. The lowest BCUT2D eigenvalue weighted by Gasteiger charge is -2.25. The average molecular weight is 538 g/mol. The van der Waals surface area contributed by atoms with Crippen molar-refractivity contribution in [2.75, 3.05) is 12.3 Å². The van der Waals surface area contributed by atoms with E-state index in [1.54, 1.807) is 0 Å². The number of hydrogen-bond donors (Lipinski definition) is 8. The third kappa shape index (κ3) is 12.5. The number of carbonyl (C=O) groups is 4. The van der Waals surface area contributed by atoms with E-state index >= 15 is 0 Å². The van der Waals surface area contributed by atoms with E-state index in [9.17, 15) is 24.3 Å². The molecule has 0 bridgehead atoms. The van der Waals surface area contributed by atoms with Gasteiger partial charge in [-0.2, -0.15) is 12.6 Å². The summed E-state index contributed by atoms with van der Waals surface area (Å²) in [4.78, 5) is 53.9. The molecule has 4 unspecified atom stereocenters. The van der Waals surface area contributed by atoms with Crippen molar-refractivity contribution < 1.29 is 24.3 Å². The number of amides is 3. The Morgan fingerprint density at radius 3 is 2.05 bits per heavy atom. The molecule has 1 rings (SSSR count). The van der Waals surface area contributed by atoms with Gasteiger partial charge < -0.3 is 38.3 Å². The fourth-order valence-electron chi connectivity index (χ4n) is 3.44. The lowest BCUT2D eigenvalue weighted by Crippen LogP contribution is -2.57. The van der Waals surface area contributed by atoms with Gasteiger partial charge in [0.15, 0.2) is 5.96 Å². The van der Waals surface area contributed by atoms with Gasteiger partial charge in [0.25, 0.3) is 0 Å². The number of nitrogens with zero attached hydrogens (tertiary/aromatic N) is 1. The molecule has 0 fully saturated rings. The van der Waals surface area contributed by atoms with Gasteiger partial charge >= 0.3 is 5.97 Å². The van der Waals surface area contributed by atoms with E-state index in [0.717, 1.165) is 5.56 Å². The molecule has 4 atom stereocenters. The highest BCUT2D eigenvalue weighted by molar-refractivity contribution is 7.80. The summed E-state index contributed by atoms with van der Waals surface area (Å²) in [5.41, 5.74) is 17.6. The number of hydrogen-bond acceptors (Lipinski definition) is 7. The first kappa shape index (κ1) is 31.7. The monoisotopic (exact) mass is 537 g/mol. The highest BCUT2D eigenvalue weighted by Gasteiger charge is 2.30. The summed E-state index contributed by atoms with van der Waals surface area (Å²) in [6.07, 6.45) is 1.01. The molecule has 0 spiro atoms. The van der Waals surface area contributed by atoms with Crippen molar-refractivity contribution >= 4 is 42.3 Å². The molecular weight excluding hydrogens is 498 g/mol. The molecule has 0 aliphatic carbocycles. The Bertz CT molecular complexity index is 925. The van der Waals surface area contributed by atoms with Crippen molar-refractivity contribution in [3.8, 4) is 0 Å². The average Bonchev–Trinajstić information content (AvgIpc) is 2.83. The van der Waals surface area contributed by atoms with E-state index in [1.807, 2.05) is 44.2 Å². The maximum atomic E-state index is 13.1. The summed E-state index contributed by atoms with van der Waals surface area (Å²) in [6.45, 7) is 3.89. The molecule has 10 N–H and O–H groups in total. The number of carbonyl (C=O) groups excluding carboxylic acids is 3.